The number of halogens is 1. The molecule has 2 N–H and O–H groups in total. The number of anilines is 1. The summed E-state index contributed by atoms with van der Waals surface area (Å²) >= 11 is 5.86. The maximum absolute atomic E-state index is 12.3. The van der Waals surface area contributed by atoms with Gasteiger partial charge in [-0.05, 0) is 32.6 Å². The average molecular weight is 395 g/mol. The molecular weight excluding hydrogens is 368 g/mol. The topological polar surface area (TPSA) is 87.6 Å². The van der Waals surface area contributed by atoms with Gasteiger partial charge in [0.25, 0.3) is 0 Å². The van der Waals surface area contributed by atoms with E-state index in [0.717, 1.165) is 45.2 Å². The van der Waals surface area contributed by atoms with Crippen molar-refractivity contribution in [2.75, 3.05) is 24.6 Å². The highest BCUT2D eigenvalue weighted by Gasteiger charge is 2.50. The molecule has 1 saturated carbocycles. The predicted octanol–water partition coefficient (Wildman–Crippen LogP) is 1.93. The van der Waals surface area contributed by atoms with E-state index in [0.29, 0.717) is 24.0 Å². The van der Waals surface area contributed by atoms with Crippen molar-refractivity contribution in [1.29, 1.82) is 0 Å². The Morgan fingerprint density at radius 2 is 2.00 bits per heavy atom. The van der Waals surface area contributed by atoms with E-state index in [1.54, 1.807) is 12.4 Å². The number of aromatic nitrogens is 2. The zero-order chi connectivity index (χ0) is 19.1. The van der Waals surface area contributed by atoms with E-state index >= 15 is 0 Å². The normalized spacial score (nSPS) is 30.8. The molecule has 27 heavy (non-hydrogen) atoms. The van der Waals surface area contributed by atoms with Crippen molar-refractivity contribution >= 4 is 23.5 Å². The minimum atomic E-state index is -0.976. The van der Waals surface area contributed by atoms with Crippen LogP contribution in [0.2, 0.25) is 5.02 Å². The van der Waals surface area contributed by atoms with Gasteiger partial charge in [-0.2, -0.15) is 0 Å². The summed E-state index contributed by atoms with van der Waals surface area (Å²) in [6.07, 6.45) is 8.33. The Kier molecular flexibility index (Phi) is 5.03. The lowest BCUT2D eigenvalue weighted by molar-refractivity contribution is -0.182. The number of nitrogens with zero attached hydrogens (tertiary/aromatic N) is 3. The Balaban J connectivity index is 1.35. The molecule has 4 rings (SSSR count). The van der Waals surface area contributed by atoms with Crippen molar-refractivity contribution < 1.29 is 14.6 Å². The second-order valence-electron chi connectivity index (χ2n) is 8.41. The van der Waals surface area contributed by atoms with Crippen molar-refractivity contribution in [1.82, 2.24) is 15.3 Å². The summed E-state index contributed by atoms with van der Waals surface area (Å²) in [5, 5.41) is 14.6. The molecule has 3 fully saturated rings. The molecule has 2 saturated heterocycles. The van der Waals surface area contributed by atoms with Crippen molar-refractivity contribution in [3.8, 4) is 0 Å². The third kappa shape index (κ3) is 3.91. The SMILES string of the molecule is C[C@]1(O)CC2(CCN(c3ncc(Cl)cn3)CC2)OC[C@@H]1NC(=O)C1CCC1. The zero-order valence-corrected chi connectivity index (χ0v) is 16.4. The van der Waals surface area contributed by atoms with Gasteiger partial charge in [0.05, 0.1) is 41.3 Å². The largest absolute Gasteiger partial charge is 0.388 e. The second kappa shape index (κ2) is 7.18. The first kappa shape index (κ1) is 18.9. The van der Waals surface area contributed by atoms with Crippen molar-refractivity contribution in [2.45, 2.75) is 62.7 Å². The monoisotopic (exact) mass is 394 g/mol. The minimum Gasteiger partial charge on any atom is -0.388 e. The summed E-state index contributed by atoms with van der Waals surface area (Å²) in [6.45, 7) is 3.69. The first-order valence-corrected chi connectivity index (χ1v) is 10.1. The fourth-order valence-electron chi connectivity index (χ4n) is 4.33. The van der Waals surface area contributed by atoms with Gasteiger partial charge in [0.15, 0.2) is 0 Å². The van der Waals surface area contributed by atoms with Gasteiger partial charge < -0.3 is 20.1 Å². The molecule has 3 heterocycles. The van der Waals surface area contributed by atoms with Crippen LogP contribution < -0.4 is 10.2 Å². The molecule has 148 valence electrons. The Hall–Kier alpha value is -1.44. The summed E-state index contributed by atoms with van der Waals surface area (Å²) in [5.41, 5.74) is -1.33. The van der Waals surface area contributed by atoms with Crippen LogP contribution in [0.1, 0.15) is 45.4 Å². The quantitative estimate of drug-likeness (QED) is 0.814. The highest BCUT2D eigenvalue weighted by molar-refractivity contribution is 6.30. The van der Waals surface area contributed by atoms with Gasteiger partial charge in [0, 0.05) is 25.4 Å². The zero-order valence-electron chi connectivity index (χ0n) is 15.7. The molecule has 0 aromatic carbocycles. The van der Waals surface area contributed by atoms with Gasteiger partial charge in [0.1, 0.15) is 0 Å². The molecule has 0 radical (unpaired) electrons. The van der Waals surface area contributed by atoms with Crippen LogP contribution in [0.5, 0.6) is 0 Å². The molecule has 1 amide bonds. The number of hydrogen-bond acceptors (Lipinski definition) is 6. The van der Waals surface area contributed by atoms with Crippen LogP contribution in [0.15, 0.2) is 12.4 Å². The first-order chi connectivity index (χ1) is 12.9. The van der Waals surface area contributed by atoms with Gasteiger partial charge >= 0.3 is 0 Å². The molecule has 8 heteroatoms. The Morgan fingerprint density at radius 1 is 1.33 bits per heavy atom. The molecule has 2 atom stereocenters. The molecule has 1 spiro atoms. The highest BCUT2D eigenvalue weighted by Crippen LogP contribution is 2.40. The third-order valence-electron chi connectivity index (χ3n) is 6.34. The molecule has 1 aromatic heterocycles. The predicted molar refractivity (Wildman–Crippen MR) is 102 cm³/mol. The molecule has 0 bridgehead atoms. The van der Waals surface area contributed by atoms with Crippen LogP contribution >= 0.6 is 11.6 Å². The fourth-order valence-corrected chi connectivity index (χ4v) is 4.42. The average Bonchev–Trinajstić information content (AvgIpc) is 2.57. The van der Waals surface area contributed by atoms with E-state index in [1.807, 2.05) is 6.92 Å². The molecule has 3 aliphatic rings. The van der Waals surface area contributed by atoms with E-state index in [1.165, 1.54) is 0 Å². The lowest BCUT2D eigenvalue weighted by atomic mass is 9.75. The maximum atomic E-state index is 12.3. The van der Waals surface area contributed by atoms with Crippen molar-refractivity contribution in [3.05, 3.63) is 17.4 Å². The Bertz CT molecular complexity index is 685. The molecule has 7 nitrogen and oxygen atoms in total. The van der Waals surface area contributed by atoms with Crippen molar-refractivity contribution in [2.24, 2.45) is 5.92 Å². The summed E-state index contributed by atoms with van der Waals surface area (Å²) in [4.78, 5) is 22.9. The van der Waals surface area contributed by atoms with Gasteiger partial charge in [-0.1, -0.05) is 18.0 Å². The van der Waals surface area contributed by atoms with Crippen LogP contribution in [-0.2, 0) is 9.53 Å². The number of amides is 1. The summed E-state index contributed by atoms with van der Waals surface area (Å²) in [5.74, 6) is 0.836. The highest BCUT2D eigenvalue weighted by atomic mass is 35.5. The van der Waals surface area contributed by atoms with Gasteiger partial charge in [0.2, 0.25) is 11.9 Å². The number of piperidine rings is 1. The Labute approximate surface area is 164 Å². The summed E-state index contributed by atoms with van der Waals surface area (Å²) in [6, 6.07) is -0.353. The lowest BCUT2D eigenvalue weighted by Gasteiger charge is -2.51. The van der Waals surface area contributed by atoms with Crippen LogP contribution in [-0.4, -0.2) is 57.9 Å². The van der Waals surface area contributed by atoms with Crippen LogP contribution in [0.4, 0.5) is 5.95 Å². The van der Waals surface area contributed by atoms with E-state index < -0.39 is 5.60 Å². The van der Waals surface area contributed by atoms with E-state index in [9.17, 15) is 9.90 Å². The molecule has 1 aliphatic carbocycles. The standard InChI is InChI=1S/C19H27ClN4O3/c1-18(26)12-19(27-11-15(18)23-16(25)13-3-2-4-13)5-7-24(8-6-19)17-21-9-14(20)10-22-17/h9-10,13,15,26H,2-8,11-12H2,1H3,(H,23,25)/t15-,18-/m0/s1. The lowest BCUT2D eigenvalue weighted by Crippen LogP contribution is -2.64. The molecule has 0 unspecified atom stereocenters. The van der Waals surface area contributed by atoms with Gasteiger partial charge in [-0.25, -0.2) is 9.97 Å². The van der Waals surface area contributed by atoms with Gasteiger partial charge in [-0.3, -0.25) is 4.79 Å². The number of hydrogen-bond donors (Lipinski definition) is 2. The van der Waals surface area contributed by atoms with Crippen LogP contribution in [0, 0.1) is 5.92 Å². The first-order valence-electron chi connectivity index (χ1n) is 9.76. The number of carbonyl (C=O) groups excluding carboxylic acids is 1. The molecular formula is C19H27ClN4O3. The number of rotatable bonds is 3. The maximum Gasteiger partial charge on any atom is 0.225 e. The van der Waals surface area contributed by atoms with E-state index in [2.05, 4.69) is 20.2 Å². The second-order valence-corrected chi connectivity index (χ2v) is 8.84. The number of aliphatic hydroxyl groups is 1. The van der Waals surface area contributed by atoms with Crippen LogP contribution in [0.3, 0.4) is 0 Å². The fraction of sp³-hybridized carbons (Fsp3) is 0.737. The van der Waals surface area contributed by atoms with Gasteiger partial charge in [-0.15, -0.1) is 0 Å². The number of carbonyl (C=O) groups is 1. The molecule has 2 aliphatic heterocycles. The minimum absolute atomic E-state index is 0.0563. The van der Waals surface area contributed by atoms with Crippen LogP contribution in [0.25, 0.3) is 0 Å². The summed E-state index contributed by atoms with van der Waals surface area (Å²) in [7, 11) is 0. The number of nitrogens with one attached hydrogen (secondary N) is 1. The summed E-state index contributed by atoms with van der Waals surface area (Å²) < 4.78 is 6.23. The Morgan fingerprint density at radius 3 is 2.56 bits per heavy atom. The van der Waals surface area contributed by atoms with E-state index in [4.69, 9.17) is 16.3 Å². The molecule has 1 aromatic rings. The van der Waals surface area contributed by atoms with E-state index in [-0.39, 0.29) is 23.5 Å². The van der Waals surface area contributed by atoms with Crippen molar-refractivity contribution in [3.63, 3.8) is 0 Å². The smallest absolute Gasteiger partial charge is 0.225 e. The number of ether oxygens (including phenoxy) is 1. The third-order valence-corrected chi connectivity index (χ3v) is 6.54.